The molecule has 34 heavy (non-hydrogen) atoms. The molecule has 0 saturated heterocycles. The Morgan fingerprint density at radius 1 is 0.971 bits per heavy atom. The minimum atomic E-state index is -4.46. The van der Waals surface area contributed by atoms with Gasteiger partial charge in [0.15, 0.2) is 0 Å². The number of hydrogen-bond donors (Lipinski definition) is 2. The van der Waals surface area contributed by atoms with E-state index in [1.165, 1.54) is 18.2 Å². The molecular formula is C25H20BrF3N2O2S. The lowest BCUT2D eigenvalue weighted by Gasteiger charge is -2.38. The normalized spacial score (nSPS) is 21.5. The van der Waals surface area contributed by atoms with Crippen LogP contribution < -0.4 is 10.0 Å². The maximum Gasteiger partial charge on any atom is 0.416 e. The standard InChI is InChI=1S/C25H20BrF3N2O2S/c26-15-5-3-6-16(13-15)31-34(32,33)17-11-12-23-21(14-17)18-8-4-9-19(18)24(30-23)20-7-1-2-10-22(20)25(27,28)29/h1-8,10-14,18-19,24,30-31H,9H2/t18-,19+,24-/m0/s1. The maximum absolute atomic E-state index is 13.7. The van der Waals surface area contributed by atoms with E-state index in [9.17, 15) is 21.6 Å². The molecule has 0 fully saturated rings. The van der Waals surface area contributed by atoms with Gasteiger partial charge in [0.2, 0.25) is 0 Å². The number of alkyl halides is 3. The van der Waals surface area contributed by atoms with Gasteiger partial charge in [-0.05, 0) is 65.9 Å². The summed E-state index contributed by atoms with van der Waals surface area (Å²) < 4.78 is 70.5. The Morgan fingerprint density at radius 2 is 1.76 bits per heavy atom. The van der Waals surface area contributed by atoms with Crippen LogP contribution >= 0.6 is 15.9 Å². The van der Waals surface area contributed by atoms with E-state index in [-0.39, 0.29) is 22.3 Å². The van der Waals surface area contributed by atoms with Crippen LogP contribution in [0.3, 0.4) is 0 Å². The fourth-order valence-electron chi connectivity index (χ4n) is 4.84. The number of anilines is 2. The number of hydrogen-bond acceptors (Lipinski definition) is 3. The molecule has 1 aliphatic carbocycles. The predicted molar refractivity (Wildman–Crippen MR) is 129 cm³/mol. The molecule has 3 aromatic rings. The first kappa shape index (κ1) is 23.0. The summed E-state index contributed by atoms with van der Waals surface area (Å²) in [6, 6.07) is 16.6. The predicted octanol–water partition coefficient (Wildman–Crippen LogP) is 7.10. The third-order valence-corrected chi connectivity index (χ3v) is 8.19. The number of sulfonamides is 1. The van der Waals surface area contributed by atoms with Crippen LogP contribution in [0, 0.1) is 5.92 Å². The Labute approximate surface area is 204 Å². The molecule has 0 spiro atoms. The van der Waals surface area contributed by atoms with Gasteiger partial charge in [0.1, 0.15) is 0 Å². The minimum absolute atomic E-state index is 0.0983. The van der Waals surface area contributed by atoms with Gasteiger partial charge in [0, 0.05) is 21.8 Å². The summed E-state index contributed by atoms with van der Waals surface area (Å²) in [6.07, 6.45) is 0.0548. The summed E-state index contributed by atoms with van der Waals surface area (Å²) in [5.74, 6) is -0.351. The average molecular weight is 549 g/mol. The van der Waals surface area contributed by atoms with E-state index in [2.05, 4.69) is 26.0 Å². The largest absolute Gasteiger partial charge is 0.416 e. The smallest absolute Gasteiger partial charge is 0.378 e. The fourth-order valence-corrected chi connectivity index (χ4v) is 6.32. The maximum atomic E-state index is 13.7. The third-order valence-electron chi connectivity index (χ3n) is 6.32. The first-order chi connectivity index (χ1) is 16.1. The molecule has 9 heteroatoms. The van der Waals surface area contributed by atoms with Gasteiger partial charge in [0.05, 0.1) is 16.5 Å². The van der Waals surface area contributed by atoms with Gasteiger partial charge in [-0.2, -0.15) is 13.2 Å². The lowest BCUT2D eigenvalue weighted by atomic mass is 9.76. The van der Waals surface area contributed by atoms with E-state index < -0.39 is 27.8 Å². The van der Waals surface area contributed by atoms with Gasteiger partial charge in [-0.25, -0.2) is 8.42 Å². The lowest BCUT2D eigenvalue weighted by Crippen LogP contribution is -2.31. The van der Waals surface area contributed by atoms with Crippen molar-refractivity contribution in [2.45, 2.75) is 29.5 Å². The topological polar surface area (TPSA) is 58.2 Å². The highest BCUT2D eigenvalue weighted by molar-refractivity contribution is 9.10. The Kier molecular flexibility index (Phi) is 5.72. The van der Waals surface area contributed by atoms with Crippen molar-refractivity contribution in [2.24, 2.45) is 5.92 Å². The van der Waals surface area contributed by atoms with Gasteiger partial charge in [-0.3, -0.25) is 4.72 Å². The van der Waals surface area contributed by atoms with Crippen molar-refractivity contribution in [3.05, 3.63) is 100 Å². The molecular weight excluding hydrogens is 529 g/mol. The molecule has 1 heterocycles. The average Bonchev–Trinajstić information content (AvgIpc) is 3.28. The number of nitrogens with one attached hydrogen (secondary N) is 2. The Morgan fingerprint density at radius 3 is 2.53 bits per heavy atom. The van der Waals surface area contributed by atoms with Crippen molar-refractivity contribution < 1.29 is 21.6 Å². The molecule has 0 aromatic heterocycles. The molecule has 0 bridgehead atoms. The summed E-state index contributed by atoms with van der Waals surface area (Å²) in [5, 5.41) is 3.27. The summed E-state index contributed by atoms with van der Waals surface area (Å²) in [7, 11) is -3.86. The molecule has 0 unspecified atom stereocenters. The number of allylic oxidation sites excluding steroid dienone is 2. The summed E-state index contributed by atoms with van der Waals surface area (Å²) in [5.41, 5.74) is 1.37. The molecule has 5 rings (SSSR count). The van der Waals surface area contributed by atoms with Crippen molar-refractivity contribution in [3.63, 3.8) is 0 Å². The molecule has 3 atom stereocenters. The zero-order valence-corrected chi connectivity index (χ0v) is 20.1. The van der Waals surface area contributed by atoms with Crippen molar-refractivity contribution in [1.82, 2.24) is 0 Å². The van der Waals surface area contributed by atoms with Gasteiger partial charge in [-0.15, -0.1) is 0 Å². The quantitative estimate of drug-likeness (QED) is 0.342. The zero-order valence-electron chi connectivity index (χ0n) is 17.7. The Balaban J connectivity index is 1.52. The van der Waals surface area contributed by atoms with Crippen LogP contribution in [0.25, 0.3) is 0 Å². The highest BCUT2D eigenvalue weighted by atomic mass is 79.9. The van der Waals surface area contributed by atoms with E-state index in [4.69, 9.17) is 0 Å². The van der Waals surface area contributed by atoms with Gasteiger partial charge < -0.3 is 5.32 Å². The molecule has 4 nitrogen and oxygen atoms in total. The molecule has 0 radical (unpaired) electrons. The van der Waals surface area contributed by atoms with Crippen LogP contribution in [0.15, 0.2) is 88.3 Å². The molecule has 1 aliphatic heterocycles. The molecule has 2 N–H and O–H groups in total. The SMILES string of the molecule is O=S(=O)(Nc1cccc(Br)c1)c1ccc2c(c1)[C@H]1C=CC[C@H]1[C@@H](c1ccccc1C(F)(F)F)N2. The zero-order chi connectivity index (χ0) is 24.1. The second kappa shape index (κ2) is 8.46. The highest BCUT2D eigenvalue weighted by Gasteiger charge is 2.42. The van der Waals surface area contributed by atoms with E-state index in [1.54, 1.807) is 42.5 Å². The Hall–Kier alpha value is -2.78. The van der Waals surface area contributed by atoms with Crippen molar-refractivity contribution in [2.75, 3.05) is 10.0 Å². The van der Waals surface area contributed by atoms with E-state index in [0.29, 0.717) is 17.8 Å². The fraction of sp³-hybridized carbons (Fsp3) is 0.200. The number of fused-ring (bicyclic) bond motifs is 3. The first-order valence-electron chi connectivity index (χ1n) is 10.7. The number of rotatable bonds is 4. The second-order valence-corrected chi connectivity index (χ2v) is 11.0. The van der Waals surface area contributed by atoms with Crippen LogP contribution in [0.5, 0.6) is 0 Å². The van der Waals surface area contributed by atoms with Gasteiger partial charge >= 0.3 is 6.18 Å². The molecule has 0 amide bonds. The van der Waals surface area contributed by atoms with Gasteiger partial charge in [0.25, 0.3) is 10.0 Å². The summed E-state index contributed by atoms with van der Waals surface area (Å²) >= 11 is 3.33. The van der Waals surface area contributed by atoms with Crippen LogP contribution in [0.2, 0.25) is 0 Å². The van der Waals surface area contributed by atoms with Crippen LogP contribution in [0.1, 0.15) is 35.1 Å². The first-order valence-corrected chi connectivity index (χ1v) is 12.9. The monoisotopic (exact) mass is 548 g/mol. The van der Waals surface area contributed by atoms with E-state index >= 15 is 0 Å². The van der Waals surface area contributed by atoms with Crippen molar-refractivity contribution in [1.29, 1.82) is 0 Å². The van der Waals surface area contributed by atoms with E-state index in [0.717, 1.165) is 16.1 Å². The highest BCUT2D eigenvalue weighted by Crippen LogP contribution is 2.51. The lowest BCUT2D eigenvalue weighted by molar-refractivity contribution is -0.138. The molecule has 176 valence electrons. The third kappa shape index (κ3) is 4.22. The number of benzene rings is 3. The minimum Gasteiger partial charge on any atom is -0.378 e. The summed E-state index contributed by atoms with van der Waals surface area (Å²) in [4.78, 5) is 0.0983. The van der Waals surface area contributed by atoms with Crippen molar-refractivity contribution >= 4 is 37.3 Å². The van der Waals surface area contributed by atoms with Crippen LogP contribution in [0.4, 0.5) is 24.5 Å². The second-order valence-electron chi connectivity index (χ2n) is 8.43. The van der Waals surface area contributed by atoms with Crippen molar-refractivity contribution in [3.8, 4) is 0 Å². The van der Waals surface area contributed by atoms with Gasteiger partial charge in [-0.1, -0.05) is 52.3 Å². The molecule has 0 saturated carbocycles. The van der Waals surface area contributed by atoms with E-state index in [1.807, 2.05) is 12.2 Å². The summed E-state index contributed by atoms with van der Waals surface area (Å²) in [6.45, 7) is 0. The van der Waals surface area contributed by atoms with Crippen LogP contribution in [-0.4, -0.2) is 8.42 Å². The Bertz CT molecular complexity index is 1390. The molecule has 3 aromatic carbocycles. The van der Waals surface area contributed by atoms with Crippen LogP contribution in [-0.2, 0) is 16.2 Å². The molecule has 2 aliphatic rings. The number of halogens is 4.